The predicted octanol–water partition coefficient (Wildman–Crippen LogP) is 4.66. The third-order valence-corrected chi connectivity index (χ3v) is 5.37. The van der Waals surface area contributed by atoms with Crippen molar-refractivity contribution in [3.8, 4) is 11.1 Å². The topological polar surface area (TPSA) is 77.2 Å². The number of halogens is 4. The smallest absolute Gasteiger partial charge is 0.383 e. The first kappa shape index (κ1) is 21.1. The molecule has 1 aromatic heterocycles. The molecule has 0 spiro atoms. The highest BCUT2D eigenvalue weighted by molar-refractivity contribution is 6.30. The molecule has 31 heavy (non-hydrogen) atoms. The number of hydrogen-bond donors (Lipinski definition) is 2. The number of hydrogen-bond acceptors (Lipinski definition) is 4. The van der Waals surface area contributed by atoms with Crippen LogP contribution < -0.4 is 11.1 Å². The first-order valence-corrected chi connectivity index (χ1v) is 9.66. The van der Waals surface area contributed by atoms with Gasteiger partial charge < -0.3 is 15.8 Å². The van der Waals surface area contributed by atoms with Crippen LogP contribution in [-0.2, 0) is 16.5 Å². The van der Waals surface area contributed by atoms with Crippen LogP contribution in [0.3, 0.4) is 0 Å². The van der Waals surface area contributed by atoms with E-state index < -0.39 is 17.4 Å². The zero-order chi connectivity index (χ0) is 22.2. The Bertz CT molecular complexity index is 1110. The van der Waals surface area contributed by atoms with Gasteiger partial charge in [0.25, 0.3) is 5.91 Å². The molecule has 1 fully saturated rings. The Morgan fingerprint density at radius 3 is 2.19 bits per heavy atom. The molecule has 3 aromatic rings. The summed E-state index contributed by atoms with van der Waals surface area (Å²) in [5.74, 6) is -0.472. The first-order valence-electron chi connectivity index (χ1n) is 9.28. The molecule has 0 atom stereocenters. The summed E-state index contributed by atoms with van der Waals surface area (Å²) >= 11 is 5.87. The van der Waals surface area contributed by atoms with E-state index in [4.69, 9.17) is 22.1 Å². The molecule has 2 heterocycles. The Hall–Kier alpha value is -3.10. The summed E-state index contributed by atoms with van der Waals surface area (Å²) in [5.41, 5.74) is 6.30. The molecule has 0 bridgehead atoms. The van der Waals surface area contributed by atoms with Crippen LogP contribution in [0.2, 0.25) is 5.02 Å². The molecule has 0 unspecified atom stereocenters. The minimum absolute atomic E-state index is 0.208. The number of nitrogens with two attached hydrogens (primary N) is 1. The van der Waals surface area contributed by atoms with E-state index in [-0.39, 0.29) is 11.7 Å². The number of ether oxygens (including phenoxy) is 1. The first-order chi connectivity index (χ1) is 14.7. The van der Waals surface area contributed by atoms with E-state index in [1.165, 1.54) is 6.07 Å². The fourth-order valence-corrected chi connectivity index (χ4v) is 3.48. The van der Waals surface area contributed by atoms with Gasteiger partial charge in [-0.1, -0.05) is 35.9 Å². The van der Waals surface area contributed by atoms with Gasteiger partial charge in [0.1, 0.15) is 17.1 Å². The molecule has 4 rings (SSSR count). The largest absolute Gasteiger partial charge is 0.433 e. The Morgan fingerprint density at radius 1 is 1.03 bits per heavy atom. The van der Waals surface area contributed by atoms with E-state index in [1.807, 2.05) is 0 Å². The fourth-order valence-electron chi connectivity index (χ4n) is 3.35. The number of amides is 1. The van der Waals surface area contributed by atoms with E-state index >= 15 is 0 Å². The molecule has 1 amide bonds. The quantitative estimate of drug-likeness (QED) is 0.610. The lowest BCUT2D eigenvalue weighted by Crippen LogP contribution is -2.59. The summed E-state index contributed by atoms with van der Waals surface area (Å²) in [6.45, 7) is 0.602. The standard InChI is InChI=1S/C22H17ClF3N3O2/c23-16-7-3-14(4-8-16)20(30)29-21(11-31-12-21)15-5-1-13(2-6-15)17-9-10-18(22(24,25)26)28-19(17)27/h1-10H,11-12H2,(H2,27,28)(H,29,30). The molecule has 1 aliphatic rings. The normalized spacial score (nSPS) is 15.2. The zero-order valence-electron chi connectivity index (χ0n) is 16.0. The van der Waals surface area contributed by atoms with Gasteiger partial charge in [0.2, 0.25) is 0 Å². The number of nitrogens with one attached hydrogen (secondary N) is 1. The SMILES string of the molecule is Nc1nc(C(F)(F)F)ccc1-c1ccc(C2(NC(=O)c3ccc(Cl)cc3)COC2)cc1. The van der Waals surface area contributed by atoms with Gasteiger partial charge in [-0.15, -0.1) is 0 Å². The molecule has 160 valence electrons. The van der Waals surface area contributed by atoms with Crippen LogP contribution in [-0.4, -0.2) is 24.1 Å². The molecule has 1 saturated heterocycles. The summed E-state index contributed by atoms with van der Waals surface area (Å²) in [6, 6.07) is 15.8. The highest BCUT2D eigenvalue weighted by Crippen LogP contribution is 2.34. The van der Waals surface area contributed by atoms with Gasteiger partial charge in [-0.05, 0) is 47.5 Å². The van der Waals surface area contributed by atoms with Gasteiger partial charge in [-0.2, -0.15) is 13.2 Å². The zero-order valence-corrected chi connectivity index (χ0v) is 16.8. The minimum Gasteiger partial charge on any atom is -0.383 e. The van der Waals surface area contributed by atoms with Crippen LogP contribution in [0.5, 0.6) is 0 Å². The molecular weight excluding hydrogens is 431 g/mol. The summed E-state index contributed by atoms with van der Waals surface area (Å²) in [7, 11) is 0. The molecule has 0 radical (unpaired) electrons. The van der Waals surface area contributed by atoms with Gasteiger partial charge in [-0.3, -0.25) is 4.79 Å². The Balaban J connectivity index is 1.57. The Morgan fingerprint density at radius 2 is 1.68 bits per heavy atom. The van der Waals surface area contributed by atoms with Crippen molar-refractivity contribution < 1.29 is 22.7 Å². The van der Waals surface area contributed by atoms with E-state index in [0.29, 0.717) is 34.9 Å². The second-order valence-corrected chi connectivity index (χ2v) is 7.68. The number of anilines is 1. The van der Waals surface area contributed by atoms with E-state index in [0.717, 1.165) is 11.6 Å². The monoisotopic (exact) mass is 447 g/mol. The molecule has 1 aliphatic heterocycles. The van der Waals surface area contributed by atoms with E-state index in [9.17, 15) is 18.0 Å². The van der Waals surface area contributed by atoms with Crippen molar-refractivity contribution in [2.24, 2.45) is 0 Å². The van der Waals surface area contributed by atoms with Crippen LogP contribution in [0.4, 0.5) is 19.0 Å². The molecule has 2 aromatic carbocycles. The van der Waals surface area contributed by atoms with Crippen LogP contribution in [0.1, 0.15) is 21.6 Å². The molecule has 5 nitrogen and oxygen atoms in total. The second kappa shape index (κ2) is 7.86. The second-order valence-electron chi connectivity index (χ2n) is 7.24. The Labute approximate surface area is 181 Å². The van der Waals surface area contributed by atoms with Crippen molar-refractivity contribution in [3.05, 3.63) is 82.5 Å². The van der Waals surface area contributed by atoms with Crippen molar-refractivity contribution in [2.45, 2.75) is 11.7 Å². The number of carbonyl (C=O) groups excluding carboxylic acids is 1. The summed E-state index contributed by atoms with van der Waals surface area (Å²) in [4.78, 5) is 16.1. The van der Waals surface area contributed by atoms with Gasteiger partial charge in [0.15, 0.2) is 0 Å². The lowest BCUT2D eigenvalue weighted by molar-refractivity contribution is -0.141. The molecule has 0 aliphatic carbocycles. The number of nitrogen functional groups attached to an aromatic ring is 1. The van der Waals surface area contributed by atoms with Gasteiger partial charge in [0, 0.05) is 16.1 Å². The number of pyridine rings is 1. The number of alkyl halides is 3. The number of rotatable bonds is 4. The van der Waals surface area contributed by atoms with Crippen molar-refractivity contribution in [1.82, 2.24) is 10.3 Å². The van der Waals surface area contributed by atoms with Gasteiger partial charge in [0.05, 0.1) is 13.2 Å². The van der Waals surface area contributed by atoms with Crippen molar-refractivity contribution in [3.63, 3.8) is 0 Å². The highest BCUT2D eigenvalue weighted by Gasteiger charge is 2.42. The molecule has 3 N–H and O–H groups in total. The van der Waals surface area contributed by atoms with E-state index in [2.05, 4.69) is 10.3 Å². The van der Waals surface area contributed by atoms with Crippen LogP contribution >= 0.6 is 11.6 Å². The van der Waals surface area contributed by atoms with Gasteiger partial charge in [-0.25, -0.2) is 4.98 Å². The third kappa shape index (κ3) is 4.22. The molecular formula is C22H17ClF3N3O2. The van der Waals surface area contributed by atoms with Crippen LogP contribution in [0, 0.1) is 0 Å². The molecule has 0 saturated carbocycles. The van der Waals surface area contributed by atoms with Crippen LogP contribution in [0.25, 0.3) is 11.1 Å². The average molecular weight is 448 g/mol. The van der Waals surface area contributed by atoms with Gasteiger partial charge >= 0.3 is 6.18 Å². The number of aromatic nitrogens is 1. The number of nitrogens with zero attached hydrogens (tertiary/aromatic N) is 1. The maximum atomic E-state index is 12.8. The minimum atomic E-state index is -4.56. The van der Waals surface area contributed by atoms with Crippen LogP contribution in [0.15, 0.2) is 60.7 Å². The van der Waals surface area contributed by atoms with Crippen molar-refractivity contribution >= 4 is 23.3 Å². The third-order valence-electron chi connectivity index (χ3n) is 5.12. The Kier molecular flexibility index (Phi) is 5.36. The average Bonchev–Trinajstić information content (AvgIpc) is 2.70. The summed E-state index contributed by atoms with van der Waals surface area (Å²) in [5, 5.41) is 3.54. The van der Waals surface area contributed by atoms with Crippen molar-refractivity contribution in [2.75, 3.05) is 18.9 Å². The lowest BCUT2D eigenvalue weighted by atomic mass is 9.86. The lowest BCUT2D eigenvalue weighted by Gasteiger charge is -2.42. The predicted molar refractivity (Wildman–Crippen MR) is 111 cm³/mol. The number of benzene rings is 2. The number of carbonyl (C=O) groups is 1. The fraction of sp³-hybridized carbons (Fsp3) is 0.182. The summed E-state index contributed by atoms with van der Waals surface area (Å²) in [6.07, 6.45) is -4.56. The summed E-state index contributed by atoms with van der Waals surface area (Å²) < 4.78 is 43.8. The maximum absolute atomic E-state index is 12.8. The molecule has 9 heteroatoms. The van der Waals surface area contributed by atoms with Crippen molar-refractivity contribution in [1.29, 1.82) is 0 Å². The van der Waals surface area contributed by atoms with E-state index in [1.54, 1.807) is 48.5 Å². The maximum Gasteiger partial charge on any atom is 0.433 e. The highest BCUT2D eigenvalue weighted by atomic mass is 35.5.